The monoisotopic (exact) mass is 235 g/mol. The van der Waals surface area contributed by atoms with E-state index >= 15 is 0 Å². The van der Waals surface area contributed by atoms with Crippen molar-refractivity contribution in [3.8, 4) is 0 Å². The molecule has 1 aromatic heterocycles. The van der Waals surface area contributed by atoms with Crippen LogP contribution in [0.4, 0.5) is 0 Å². The van der Waals surface area contributed by atoms with Crippen molar-refractivity contribution in [3.63, 3.8) is 0 Å². The summed E-state index contributed by atoms with van der Waals surface area (Å²) in [6, 6.07) is -0.101. The summed E-state index contributed by atoms with van der Waals surface area (Å²) in [5, 5.41) is 8.19. The highest BCUT2D eigenvalue weighted by Crippen LogP contribution is 2.49. The molecule has 2 fully saturated rings. The molecule has 2 saturated carbocycles. The number of aromatic nitrogens is 2. The van der Waals surface area contributed by atoms with Gasteiger partial charge in [-0.1, -0.05) is 13.3 Å². The Morgan fingerprint density at radius 1 is 1.35 bits per heavy atom. The lowest BCUT2D eigenvalue weighted by Crippen LogP contribution is -2.13. The first-order valence-electron chi connectivity index (χ1n) is 6.84. The molecule has 2 aliphatic rings. The van der Waals surface area contributed by atoms with Gasteiger partial charge in [-0.05, 0) is 43.4 Å². The lowest BCUT2D eigenvalue weighted by atomic mass is 9.86. The number of rotatable bonds is 4. The molecule has 1 aromatic rings. The summed E-state index contributed by atoms with van der Waals surface area (Å²) in [6.45, 7) is 2.03. The highest BCUT2D eigenvalue weighted by molar-refractivity contribution is 4.95. The van der Waals surface area contributed by atoms with E-state index in [4.69, 9.17) is 10.2 Å². The molecular formula is C13H21N3O. The van der Waals surface area contributed by atoms with E-state index in [0.717, 1.165) is 36.5 Å². The molecule has 2 aliphatic carbocycles. The maximum absolute atomic E-state index is 5.88. The smallest absolute Gasteiger partial charge is 0.233 e. The lowest BCUT2D eigenvalue weighted by Gasteiger charge is -2.19. The molecule has 0 radical (unpaired) electrons. The van der Waals surface area contributed by atoms with Gasteiger partial charge in [0.1, 0.15) is 0 Å². The second-order valence-electron chi connectivity index (χ2n) is 5.69. The first-order valence-corrected chi connectivity index (χ1v) is 6.84. The Morgan fingerprint density at radius 3 is 2.88 bits per heavy atom. The highest BCUT2D eigenvalue weighted by atomic mass is 16.4. The third-order valence-corrected chi connectivity index (χ3v) is 4.56. The van der Waals surface area contributed by atoms with Crippen LogP contribution in [-0.4, -0.2) is 10.2 Å². The molecule has 3 rings (SSSR count). The van der Waals surface area contributed by atoms with E-state index in [1.807, 2.05) is 6.92 Å². The average molecular weight is 235 g/mol. The summed E-state index contributed by atoms with van der Waals surface area (Å²) in [5.74, 6) is 4.06. The van der Waals surface area contributed by atoms with Gasteiger partial charge in [0.2, 0.25) is 11.8 Å². The number of fused-ring (bicyclic) bond motifs is 2. The Kier molecular flexibility index (Phi) is 2.90. The van der Waals surface area contributed by atoms with Crippen LogP contribution in [0.2, 0.25) is 0 Å². The Hall–Kier alpha value is -0.900. The molecule has 2 N–H and O–H groups in total. The second kappa shape index (κ2) is 4.41. The van der Waals surface area contributed by atoms with Crippen LogP contribution in [0.3, 0.4) is 0 Å². The SMILES string of the molecule is CCC(N)c1nnc(CC2CC3CCC2C3)o1. The largest absolute Gasteiger partial charge is 0.424 e. The van der Waals surface area contributed by atoms with E-state index < -0.39 is 0 Å². The van der Waals surface area contributed by atoms with Crippen molar-refractivity contribution in [2.24, 2.45) is 23.5 Å². The molecule has 0 aliphatic heterocycles. The van der Waals surface area contributed by atoms with Crippen molar-refractivity contribution in [2.45, 2.75) is 51.5 Å². The van der Waals surface area contributed by atoms with Gasteiger partial charge >= 0.3 is 0 Å². The fourth-order valence-electron chi connectivity index (χ4n) is 3.52. The number of nitrogens with two attached hydrogens (primary N) is 1. The third-order valence-electron chi connectivity index (χ3n) is 4.56. The number of nitrogens with zero attached hydrogens (tertiary/aromatic N) is 2. The van der Waals surface area contributed by atoms with E-state index in [1.165, 1.54) is 25.7 Å². The molecule has 0 aromatic carbocycles. The zero-order chi connectivity index (χ0) is 11.8. The molecule has 1 heterocycles. The average Bonchev–Trinajstić information content (AvgIpc) is 3.03. The van der Waals surface area contributed by atoms with Crippen molar-refractivity contribution in [1.29, 1.82) is 0 Å². The van der Waals surface area contributed by atoms with Gasteiger partial charge < -0.3 is 10.2 Å². The first-order chi connectivity index (χ1) is 8.26. The van der Waals surface area contributed by atoms with Crippen LogP contribution in [0, 0.1) is 17.8 Å². The van der Waals surface area contributed by atoms with Crippen molar-refractivity contribution in [3.05, 3.63) is 11.8 Å². The second-order valence-corrected chi connectivity index (χ2v) is 5.69. The van der Waals surface area contributed by atoms with E-state index in [-0.39, 0.29) is 6.04 Å². The van der Waals surface area contributed by atoms with Crippen LogP contribution < -0.4 is 5.73 Å². The maximum Gasteiger partial charge on any atom is 0.233 e. The Labute approximate surface area is 102 Å². The fourth-order valence-corrected chi connectivity index (χ4v) is 3.52. The molecule has 4 heteroatoms. The standard InChI is InChI=1S/C13H21N3O/c1-2-11(14)13-16-15-12(17-13)7-10-6-8-3-4-9(10)5-8/h8-11H,2-7,14H2,1H3. The summed E-state index contributed by atoms with van der Waals surface area (Å²) in [4.78, 5) is 0. The maximum atomic E-state index is 5.88. The Bertz CT molecular complexity index is 390. The van der Waals surface area contributed by atoms with Crippen LogP contribution in [0.15, 0.2) is 4.42 Å². The lowest BCUT2D eigenvalue weighted by molar-refractivity contribution is 0.300. The van der Waals surface area contributed by atoms with Gasteiger partial charge in [-0.3, -0.25) is 0 Å². The van der Waals surface area contributed by atoms with Crippen molar-refractivity contribution >= 4 is 0 Å². The molecule has 0 amide bonds. The summed E-state index contributed by atoms with van der Waals surface area (Å²) in [5.41, 5.74) is 5.88. The molecule has 4 nitrogen and oxygen atoms in total. The minimum Gasteiger partial charge on any atom is -0.424 e. The van der Waals surface area contributed by atoms with Crippen LogP contribution >= 0.6 is 0 Å². The molecule has 0 saturated heterocycles. The zero-order valence-electron chi connectivity index (χ0n) is 10.4. The van der Waals surface area contributed by atoms with E-state index in [1.54, 1.807) is 0 Å². The van der Waals surface area contributed by atoms with Gasteiger partial charge in [0, 0.05) is 6.42 Å². The molecule has 2 bridgehead atoms. The van der Waals surface area contributed by atoms with Gasteiger partial charge in [-0.2, -0.15) is 0 Å². The summed E-state index contributed by atoms with van der Waals surface area (Å²) >= 11 is 0. The predicted octanol–water partition coefficient (Wildman–Crippen LogP) is 2.46. The zero-order valence-corrected chi connectivity index (χ0v) is 10.4. The molecular weight excluding hydrogens is 214 g/mol. The Balaban J connectivity index is 1.63. The summed E-state index contributed by atoms with van der Waals surface area (Å²) < 4.78 is 5.66. The molecule has 0 spiro atoms. The molecule has 94 valence electrons. The van der Waals surface area contributed by atoms with Crippen LogP contribution in [-0.2, 0) is 6.42 Å². The quantitative estimate of drug-likeness (QED) is 0.870. The topological polar surface area (TPSA) is 64.9 Å². The van der Waals surface area contributed by atoms with Crippen molar-refractivity contribution in [2.75, 3.05) is 0 Å². The predicted molar refractivity (Wildman–Crippen MR) is 64.2 cm³/mol. The highest BCUT2D eigenvalue weighted by Gasteiger charge is 2.40. The Morgan fingerprint density at radius 2 is 2.24 bits per heavy atom. The van der Waals surface area contributed by atoms with Crippen molar-refractivity contribution in [1.82, 2.24) is 10.2 Å². The third kappa shape index (κ3) is 2.10. The summed E-state index contributed by atoms with van der Waals surface area (Å²) in [7, 11) is 0. The van der Waals surface area contributed by atoms with Gasteiger partial charge in [0.25, 0.3) is 0 Å². The molecule has 4 atom stereocenters. The van der Waals surface area contributed by atoms with Crippen LogP contribution in [0.25, 0.3) is 0 Å². The fraction of sp³-hybridized carbons (Fsp3) is 0.846. The number of hydrogen-bond donors (Lipinski definition) is 1. The van der Waals surface area contributed by atoms with Gasteiger partial charge in [-0.15, -0.1) is 10.2 Å². The van der Waals surface area contributed by atoms with E-state index in [9.17, 15) is 0 Å². The molecule has 4 unspecified atom stereocenters. The van der Waals surface area contributed by atoms with Crippen LogP contribution in [0.1, 0.15) is 56.9 Å². The minimum atomic E-state index is -0.101. The number of hydrogen-bond acceptors (Lipinski definition) is 4. The molecule has 17 heavy (non-hydrogen) atoms. The van der Waals surface area contributed by atoms with E-state index in [0.29, 0.717) is 5.89 Å². The van der Waals surface area contributed by atoms with Gasteiger partial charge in [-0.25, -0.2) is 0 Å². The van der Waals surface area contributed by atoms with E-state index in [2.05, 4.69) is 10.2 Å². The normalized spacial score (nSPS) is 33.2. The van der Waals surface area contributed by atoms with Crippen molar-refractivity contribution < 1.29 is 4.42 Å². The minimum absolute atomic E-state index is 0.101. The first kappa shape index (κ1) is 11.2. The van der Waals surface area contributed by atoms with Crippen LogP contribution in [0.5, 0.6) is 0 Å². The summed E-state index contributed by atoms with van der Waals surface area (Å²) in [6.07, 6.45) is 7.45. The van der Waals surface area contributed by atoms with Gasteiger partial charge in [0.15, 0.2) is 0 Å². The van der Waals surface area contributed by atoms with Gasteiger partial charge in [0.05, 0.1) is 6.04 Å².